The summed E-state index contributed by atoms with van der Waals surface area (Å²) >= 11 is 0. The Kier molecular flexibility index (Phi) is 8.79. The van der Waals surface area contributed by atoms with Crippen LogP contribution in [0.15, 0.2) is 0 Å². The molecule has 0 heterocycles. The average Bonchev–Trinajstić information content (AvgIpc) is 2.45. The third-order valence-electron chi connectivity index (χ3n) is 5.31. The second-order valence-corrected chi connectivity index (χ2v) is 6.46. The van der Waals surface area contributed by atoms with E-state index in [1.807, 2.05) is 0 Å². The number of rotatable bonds is 12. The Morgan fingerprint density at radius 3 is 2.25 bits per heavy atom. The SMILES string of the molecule is CCCCCCCOC1CC(NCCC)C1(CC)CC. The Bertz CT molecular complexity index is 238. The smallest absolute Gasteiger partial charge is 0.0661 e. The molecule has 0 bridgehead atoms. The summed E-state index contributed by atoms with van der Waals surface area (Å²) in [6, 6.07) is 0.683. The summed E-state index contributed by atoms with van der Waals surface area (Å²) in [7, 11) is 0. The van der Waals surface area contributed by atoms with Crippen molar-refractivity contribution in [3.05, 3.63) is 0 Å². The molecule has 2 heteroatoms. The number of hydrogen-bond donors (Lipinski definition) is 1. The highest BCUT2D eigenvalue weighted by Crippen LogP contribution is 2.48. The molecule has 0 aliphatic heterocycles. The van der Waals surface area contributed by atoms with Gasteiger partial charge in [0.05, 0.1) is 6.10 Å². The van der Waals surface area contributed by atoms with Gasteiger partial charge in [0.25, 0.3) is 0 Å². The van der Waals surface area contributed by atoms with E-state index in [1.165, 1.54) is 57.8 Å². The molecule has 2 nitrogen and oxygen atoms in total. The number of nitrogens with one attached hydrogen (secondary N) is 1. The van der Waals surface area contributed by atoms with Gasteiger partial charge in [0, 0.05) is 18.1 Å². The van der Waals surface area contributed by atoms with E-state index in [1.54, 1.807) is 0 Å². The molecule has 1 rings (SSSR count). The maximum atomic E-state index is 6.23. The zero-order valence-electron chi connectivity index (χ0n) is 14.3. The highest BCUT2D eigenvalue weighted by atomic mass is 16.5. The first-order valence-electron chi connectivity index (χ1n) is 9.10. The molecule has 1 saturated carbocycles. The van der Waals surface area contributed by atoms with E-state index in [0.29, 0.717) is 17.6 Å². The first-order valence-corrected chi connectivity index (χ1v) is 9.10. The molecule has 1 aliphatic carbocycles. The minimum atomic E-state index is 0.401. The van der Waals surface area contributed by atoms with Crippen LogP contribution in [0.2, 0.25) is 0 Å². The molecular formula is C18H37NO. The topological polar surface area (TPSA) is 21.3 Å². The fourth-order valence-corrected chi connectivity index (χ4v) is 3.72. The third kappa shape index (κ3) is 4.46. The lowest BCUT2D eigenvalue weighted by molar-refractivity contribution is -0.141. The van der Waals surface area contributed by atoms with Crippen LogP contribution in [-0.2, 0) is 4.74 Å². The summed E-state index contributed by atoms with van der Waals surface area (Å²) < 4.78 is 6.23. The van der Waals surface area contributed by atoms with Crippen LogP contribution in [0, 0.1) is 5.41 Å². The molecule has 0 aromatic heterocycles. The van der Waals surface area contributed by atoms with E-state index in [4.69, 9.17) is 4.74 Å². The normalized spacial score (nSPS) is 24.6. The van der Waals surface area contributed by atoms with Crippen LogP contribution >= 0.6 is 0 Å². The molecule has 0 aromatic carbocycles. The molecule has 0 saturated heterocycles. The molecule has 1 N–H and O–H groups in total. The number of unbranched alkanes of at least 4 members (excludes halogenated alkanes) is 4. The summed E-state index contributed by atoms with van der Waals surface area (Å²) in [5.74, 6) is 0. The van der Waals surface area contributed by atoms with Crippen molar-refractivity contribution in [2.75, 3.05) is 13.2 Å². The van der Waals surface area contributed by atoms with Crippen LogP contribution in [0.5, 0.6) is 0 Å². The molecule has 0 radical (unpaired) electrons. The molecule has 120 valence electrons. The van der Waals surface area contributed by atoms with Gasteiger partial charge in [-0.15, -0.1) is 0 Å². The van der Waals surface area contributed by atoms with Gasteiger partial charge in [0.2, 0.25) is 0 Å². The van der Waals surface area contributed by atoms with E-state index >= 15 is 0 Å². The zero-order valence-corrected chi connectivity index (χ0v) is 14.3. The highest BCUT2D eigenvalue weighted by molar-refractivity contribution is 5.06. The summed E-state index contributed by atoms with van der Waals surface area (Å²) in [6.45, 7) is 11.3. The molecule has 1 aliphatic rings. The van der Waals surface area contributed by atoms with Gasteiger partial charge >= 0.3 is 0 Å². The Morgan fingerprint density at radius 1 is 0.950 bits per heavy atom. The second-order valence-electron chi connectivity index (χ2n) is 6.46. The number of ether oxygens (including phenoxy) is 1. The molecule has 20 heavy (non-hydrogen) atoms. The van der Waals surface area contributed by atoms with Crippen molar-refractivity contribution < 1.29 is 4.74 Å². The van der Waals surface area contributed by atoms with Gasteiger partial charge in [0.15, 0.2) is 0 Å². The zero-order chi connectivity index (χ0) is 14.8. The van der Waals surface area contributed by atoms with Crippen molar-refractivity contribution in [2.45, 2.75) is 97.6 Å². The second kappa shape index (κ2) is 9.78. The Balaban J connectivity index is 2.27. The Hall–Kier alpha value is -0.0800. The minimum absolute atomic E-state index is 0.401. The van der Waals surface area contributed by atoms with Gasteiger partial charge < -0.3 is 10.1 Å². The Labute approximate surface area is 127 Å². The monoisotopic (exact) mass is 283 g/mol. The van der Waals surface area contributed by atoms with Crippen LogP contribution in [0.25, 0.3) is 0 Å². The summed E-state index contributed by atoms with van der Waals surface area (Å²) in [6.07, 6.45) is 12.1. The summed E-state index contributed by atoms with van der Waals surface area (Å²) in [5.41, 5.74) is 0.401. The van der Waals surface area contributed by atoms with Crippen LogP contribution in [-0.4, -0.2) is 25.3 Å². The van der Waals surface area contributed by atoms with E-state index in [0.717, 1.165) is 13.2 Å². The summed E-state index contributed by atoms with van der Waals surface area (Å²) in [4.78, 5) is 0. The van der Waals surface area contributed by atoms with Gasteiger partial charge in [-0.05, 0) is 38.6 Å². The van der Waals surface area contributed by atoms with E-state index < -0.39 is 0 Å². The fourth-order valence-electron chi connectivity index (χ4n) is 3.72. The minimum Gasteiger partial charge on any atom is -0.378 e. The van der Waals surface area contributed by atoms with Crippen LogP contribution < -0.4 is 5.32 Å². The van der Waals surface area contributed by atoms with E-state index in [2.05, 4.69) is 33.0 Å². The molecule has 0 amide bonds. The summed E-state index contributed by atoms with van der Waals surface area (Å²) in [5, 5.41) is 3.73. The molecule has 2 unspecified atom stereocenters. The first-order chi connectivity index (χ1) is 9.75. The van der Waals surface area contributed by atoms with Gasteiger partial charge in [-0.25, -0.2) is 0 Å². The average molecular weight is 284 g/mol. The van der Waals surface area contributed by atoms with Crippen LogP contribution in [0.1, 0.15) is 85.5 Å². The fraction of sp³-hybridized carbons (Fsp3) is 1.00. The molecular weight excluding hydrogens is 246 g/mol. The lowest BCUT2D eigenvalue weighted by Crippen LogP contribution is -2.63. The first kappa shape index (κ1) is 18.0. The van der Waals surface area contributed by atoms with Crippen LogP contribution in [0.3, 0.4) is 0 Å². The molecule has 1 fully saturated rings. The lowest BCUT2D eigenvalue weighted by atomic mass is 9.58. The van der Waals surface area contributed by atoms with Crippen LogP contribution in [0.4, 0.5) is 0 Å². The maximum absolute atomic E-state index is 6.23. The quantitative estimate of drug-likeness (QED) is 0.513. The Morgan fingerprint density at radius 2 is 1.65 bits per heavy atom. The van der Waals surface area contributed by atoms with E-state index in [-0.39, 0.29) is 0 Å². The lowest BCUT2D eigenvalue weighted by Gasteiger charge is -2.55. The van der Waals surface area contributed by atoms with Gasteiger partial charge in [0.1, 0.15) is 0 Å². The van der Waals surface area contributed by atoms with Crippen molar-refractivity contribution in [3.8, 4) is 0 Å². The van der Waals surface area contributed by atoms with Crippen molar-refractivity contribution in [1.29, 1.82) is 0 Å². The van der Waals surface area contributed by atoms with Crippen molar-refractivity contribution >= 4 is 0 Å². The molecule has 0 spiro atoms. The molecule has 2 atom stereocenters. The highest BCUT2D eigenvalue weighted by Gasteiger charge is 2.52. The van der Waals surface area contributed by atoms with Crippen molar-refractivity contribution in [2.24, 2.45) is 5.41 Å². The van der Waals surface area contributed by atoms with Gasteiger partial charge in [-0.2, -0.15) is 0 Å². The van der Waals surface area contributed by atoms with Gasteiger partial charge in [-0.1, -0.05) is 53.4 Å². The predicted molar refractivity (Wildman–Crippen MR) is 88.2 cm³/mol. The van der Waals surface area contributed by atoms with Gasteiger partial charge in [-0.3, -0.25) is 0 Å². The third-order valence-corrected chi connectivity index (χ3v) is 5.31. The number of hydrogen-bond acceptors (Lipinski definition) is 2. The van der Waals surface area contributed by atoms with Crippen molar-refractivity contribution in [1.82, 2.24) is 5.32 Å². The standard InChI is InChI=1S/C18H37NO/c1-5-9-10-11-12-14-20-17-15-16(19-13-6-2)18(17,7-3)8-4/h16-17,19H,5-15H2,1-4H3. The predicted octanol–water partition coefficient (Wildman–Crippen LogP) is 4.92. The van der Waals surface area contributed by atoms with Crippen molar-refractivity contribution in [3.63, 3.8) is 0 Å². The van der Waals surface area contributed by atoms with E-state index in [9.17, 15) is 0 Å². The largest absolute Gasteiger partial charge is 0.378 e. The molecule has 0 aromatic rings. The maximum Gasteiger partial charge on any atom is 0.0661 e.